The number of aryl methyl sites for hydroxylation is 1. The molecule has 1 aliphatic heterocycles. The molecule has 0 aromatic heterocycles. The zero-order chi connectivity index (χ0) is 24.8. The second-order valence-corrected chi connectivity index (χ2v) is 24.6. The molecular formula is C30H38N2O2Sn. The van der Waals surface area contributed by atoms with Crippen LogP contribution in [0.25, 0.3) is 11.1 Å². The summed E-state index contributed by atoms with van der Waals surface area (Å²) in [6, 6.07) is 23.2. The summed E-state index contributed by atoms with van der Waals surface area (Å²) in [7, 11) is 0. The van der Waals surface area contributed by atoms with E-state index < -0.39 is 18.4 Å². The first-order valence-electron chi connectivity index (χ1n) is 12.8. The Labute approximate surface area is 214 Å². The first kappa shape index (κ1) is 25.8. The monoisotopic (exact) mass is 578 g/mol. The topological polar surface area (TPSA) is 54.3 Å². The van der Waals surface area contributed by atoms with Gasteiger partial charge in [0, 0.05) is 0 Å². The van der Waals surface area contributed by atoms with E-state index >= 15 is 0 Å². The maximum atomic E-state index is 8.93. The predicted molar refractivity (Wildman–Crippen MR) is 149 cm³/mol. The third-order valence-corrected chi connectivity index (χ3v) is 11.6. The van der Waals surface area contributed by atoms with Crippen LogP contribution < -0.4 is 10.1 Å². The number of anilines is 1. The van der Waals surface area contributed by atoms with Crippen molar-refractivity contribution in [2.75, 3.05) is 11.9 Å². The summed E-state index contributed by atoms with van der Waals surface area (Å²) >= 11 is -2.56. The third kappa shape index (κ3) is 6.67. The Morgan fingerprint density at radius 2 is 1.83 bits per heavy atom. The van der Waals surface area contributed by atoms with Crippen LogP contribution in [0.1, 0.15) is 42.9 Å². The molecule has 0 spiro atoms. The quantitative estimate of drug-likeness (QED) is 0.203. The third-order valence-electron chi connectivity index (χ3n) is 6.55. The summed E-state index contributed by atoms with van der Waals surface area (Å²) in [4.78, 5) is 6.90. The molecule has 184 valence electrons. The first-order valence-corrected chi connectivity index (χ1v) is 22.8. The van der Waals surface area contributed by atoms with Gasteiger partial charge in [-0.25, -0.2) is 0 Å². The summed E-state index contributed by atoms with van der Waals surface area (Å²) in [6.07, 6.45) is 4.23. The molecule has 2 N–H and O–H groups in total. The second-order valence-electron chi connectivity index (χ2n) is 10.3. The van der Waals surface area contributed by atoms with Gasteiger partial charge in [0.05, 0.1) is 0 Å². The van der Waals surface area contributed by atoms with Crippen molar-refractivity contribution in [3.05, 3.63) is 83.4 Å². The molecule has 0 amide bonds. The number of rotatable bonds is 9. The van der Waals surface area contributed by atoms with Gasteiger partial charge in [-0.2, -0.15) is 0 Å². The Bertz CT molecular complexity index is 1150. The number of hydrogen-bond acceptors (Lipinski definition) is 4. The first-order chi connectivity index (χ1) is 16.8. The van der Waals surface area contributed by atoms with Crippen LogP contribution in [-0.4, -0.2) is 34.9 Å². The van der Waals surface area contributed by atoms with Gasteiger partial charge in [-0.15, -0.1) is 0 Å². The molecule has 0 aliphatic carbocycles. The molecule has 1 atom stereocenters. The molecule has 1 fully saturated rings. The van der Waals surface area contributed by atoms with Crippen molar-refractivity contribution in [3.8, 4) is 16.9 Å². The van der Waals surface area contributed by atoms with Crippen LogP contribution in [0.15, 0.2) is 66.7 Å². The predicted octanol–water partition coefficient (Wildman–Crippen LogP) is 7.68. The summed E-state index contributed by atoms with van der Waals surface area (Å²) in [5.74, 6) is 0.892. The van der Waals surface area contributed by atoms with E-state index in [1.165, 1.54) is 17.5 Å². The normalized spacial score (nSPS) is 16.1. The van der Waals surface area contributed by atoms with E-state index in [0.29, 0.717) is 6.61 Å². The van der Waals surface area contributed by atoms with Gasteiger partial charge in [0.25, 0.3) is 0 Å². The molecule has 0 saturated carbocycles. The van der Waals surface area contributed by atoms with Crippen LogP contribution >= 0.6 is 0 Å². The van der Waals surface area contributed by atoms with Gasteiger partial charge in [0.1, 0.15) is 0 Å². The average Bonchev–Trinajstić information content (AvgIpc) is 2.87. The van der Waals surface area contributed by atoms with Crippen LogP contribution in [0, 0.1) is 5.41 Å². The molecule has 3 aromatic rings. The summed E-state index contributed by atoms with van der Waals surface area (Å²) in [5, 5.41) is 12.6. The van der Waals surface area contributed by atoms with Gasteiger partial charge in [-0.1, -0.05) is 30.3 Å². The standard InChI is InChI=1S/C27H29N2O2.3CH3.Sn/c1-2-21-16-24(31-19-20-8-4-3-5-9-20)13-14-25(21)22-11-12-23(18-28)26(17-22)29-27-10-6-7-15-30-27;;;;/h3-5,8-9,11-14,16-17,27-29H,2,6-7,10,15,19H2,1H3;3*1H3;. The number of hydrogen-bond donors (Lipinski definition) is 2. The van der Waals surface area contributed by atoms with E-state index in [1.54, 1.807) is 0 Å². The van der Waals surface area contributed by atoms with Crippen molar-refractivity contribution in [1.29, 1.82) is 5.41 Å². The van der Waals surface area contributed by atoms with E-state index in [2.05, 4.69) is 75.6 Å². The van der Waals surface area contributed by atoms with Gasteiger partial charge in [-0.3, -0.25) is 0 Å². The summed E-state index contributed by atoms with van der Waals surface area (Å²) < 4.78 is 12.9. The van der Waals surface area contributed by atoms with Gasteiger partial charge in [-0.05, 0) is 0 Å². The minimum atomic E-state index is -2.56. The molecule has 35 heavy (non-hydrogen) atoms. The van der Waals surface area contributed by atoms with Crippen molar-refractivity contribution >= 4 is 27.8 Å². The Hall–Kier alpha value is -2.31. The van der Waals surface area contributed by atoms with Crippen LogP contribution in [0.3, 0.4) is 0 Å². The van der Waals surface area contributed by atoms with Gasteiger partial charge >= 0.3 is 185 Å². The molecule has 1 saturated heterocycles. The molecule has 5 heteroatoms. The zero-order valence-corrected chi connectivity index (χ0v) is 24.3. The number of ether oxygens (including phenoxy) is 2. The molecule has 0 radical (unpaired) electrons. The minimum absolute atomic E-state index is 0.0140. The van der Waals surface area contributed by atoms with Crippen molar-refractivity contribution in [1.82, 2.24) is 0 Å². The van der Waals surface area contributed by atoms with Crippen molar-refractivity contribution in [2.24, 2.45) is 0 Å². The van der Waals surface area contributed by atoms with Crippen LogP contribution in [0.2, 0.25) is 14.8 Å². The molecule has 1 heterocycles. The Kier molecular flexibility index (Phi) is 8.55. The Morgan fingerprint density at radius 1 is 1.03 bits per heavy atom. The van der Waals surface area contributed by atoms with Gasteiger partial charge in [0.15, 0.2) is 0 Å². The molecule has 1 unspecified atom stereocenters. The van der Waals surface area contributed by atoms with Crippen molar-refractivity contribution in [3.63, 3.8) is 0 Å². The van der Waals surface area contributed by atoms with Crippen molar-refractivity contribution in [2.45, 2.75) is 60.3 Å². The fourth-order valence-corrected chi connectivity index (χ4v) is 7.38. The Balaban J connectivity index is 1.63. The van der Waals surface area contributed by atoms with Crippen LogP contribution in [0.5, 0.6) is 5.75 Å². The van der Waals surface area contributed by atoms with Crippen LogP contribution in [-0.2, 0) is 17.8 Å². The Morgan fingerprint density at radius 3 is 2.51 bits per heavy atom. The molecule has 3 aromatic carbocycles. The fourth-order valence-electron chi connectivity index (χ4n) is 4.46. The van der Waals surface area contributed by atoms with E-state index in [9.17, 15) is 0 Å². The van der Waals surface area contributed by atoms with Gasteiger partial charge in [0.2, 0.25) is 0 Å². The van der Waals surface area contributed by atoms with E-state index in [1.807, 2.05) is 18.2 Å². The molecule has 1 aliphatic rings. The molecule has 4 rings (SSSR count). The summed E-state index contributed by atoms with van der Waals surface area (Å²) in [6.45, 7) is 3.55. The van der Waals surface area contributed by atoms with E-state index in [-0.39, 0.29) is 6.23 Å². The number of nitrogens with one attached hydrogen (secondary N) is 2. The van der Waals surface area contributed by atoms with Gasteiger partial charge < -0.3 is 0 Å². The number of benzene rings is 3. The summed E-state index contributed by atoms with van der Waals surface area (Å²) in [5.41, 5.74) is 6.86. The van der Waals surface area contributed by atoms with E-state index in [0.717, 1.165) is 57.7 Å². The maximum absolute atomic E-state index is 8.93. The van der Waals surface area contributed by atoms with E-state index in [4.69, 9.17) is 14.9 Å². The van der Waals surface area contributed by atoms with Crippen molar-refractivity contribution < 1.29 is 9.47 Å². The molecule has 0 bridgehead atoms. The second kappa shape index (κ2) is 11.6. The molecule has 4 nitrogen and oxygen atoms in total. The SMILES string of the molecule is CCc1cc(OCc2ccccc2)ccc1-c1ccc([C](=N)[Sn]([CH3])([CH3])[CH3])c(NC2CCCCO2)c1. The average molecular weight is 577 g/mol. The molecular weight excluding hydrogens is 539 g/mol. The van der Waals surface area contributed by atoms with Crippen LogP contribution in [0.4, 0.5) is 5.69 Å². The zero-order valence-electron chi connectivity index (χ0n) is 21.5. The fraction of sp³-hybridized carbons (Fsp3) is 0.367.